The monoisotopic (exact) mass is 326 g/mol. The number of piperazine rings is 1. The molecule has 122 valence electrons. The Morgan fingerprint density at radius 3 is 2.04 bits per heavy atom. The highest BCUT2D eigenvalue weighted by atomic mass is 19.3. The lowest BCUT2D eigenvalue weighted by Gasteiger charge is -2.36. The summed E-state index contributed by atoms with van der Waals surface area (Å²) in [4.78, 5) is 11.2. The van der Waals surface area contributed by atoms with Gasteiger partial charge in [0.05, 0.1) is 0 Å². The van der Waals surface area contributed by atoms with Gasteiger partial charge < -0.3 is 9.80 Å². The minimum absolute atomic E-state index is 0.315. The second kappa shape index (κ2) is 6.39. The average molecular weight is 326 g/mol. The molecule has 1 fully saturated rings. The summed E-state index contributed by atoms with van der Waals surface area (Å²) in [6.45, 7) is 2.05. The lowest BCUT2D eigenvalue weighted by Crippen LogP contribution is -2.47. The Bertz CT molecular complexity index is 667. The molecule has 0 N–H and O–H groups in total. The zero-order valence-corrected chi connectivity index (χ0v) is 12.1. The summed E-state index contributed by atoms with van der Waals surface area (Å²) in [7, 11) is 0. The molecule has 0 amide bonds. The van der Waals surface area contributed by atoms with E-state index < -0.39 is 18.1 Å². The van der Waals surface area contributed by atoms with Crippen LogP contribution in [-0.4, -0.2) is 36.1 Å². The number of hydrogen-bond donors (Lipinski definition) is 0. The van der Waals surface area contributed by atoms with Gasteiger partial charge >= 0.3 is 0 Å². The minimum atomic E-state index is -2.65. The molecule has 4 nitrogen and oxygen atoms in total. The van der Waals surface area contributed by atoms with Gasteiger partial charge in [0.15, 0.2) is 0 Å². The molecule has 0 radical (unpaired) electrons. The molecule has 2 heterocycles. The van der Waals surface area contributed by atoms with Gasteiger partial charge in [-0.15, -0.1) is 0 Å². The number of benzene rings is 1. The van der Waals surface area contributed by atoms with Crippen molar-refractivity contribution in [2.75, 3.05) is 36.0 Å². The van der Waals surface area contributed by atoms with Crippen molar-refractivity contribution in [2.24, 2.45) is 0 Å². The van der Waals surface area contributed by atoms with Crippen molar-refractivity contribution in [1.82, 2.24) is 9.97 Å². The number of halogens is 4. The summed E-state index contributed by atoms with van der Waals surface area (Å²) in [6, 6.07) is 4.64. The van der Waals surface area contributed by atoms with Crippen molar-refractivity contribution in [3.05, 3.63) is 47.9 Å². The van der Waals surface area contributed by atoms with Crippen LogP contribution >= 0.6 is 0 Å². The number of rotatable bonds is 3. The van der Waals surface area contributed by atoms with E-state index >= 15 is 0 Å². The van der Waals surface area contributed by atoms with Crippen molar-refractivity contribution < 1.29 is 17.6 Å². The van der Waals surface area contributed by atoms with Gasteiger partial charge in [-0.05, 0) is 12.1 Å². The molecule has 0 unspecified atom stereocenters. The Kier molecular flexibility index (Phi) is 4.31. The van der Waals surface area contributed by atoms with E-state index in [0.29, 0.717) is 37.7 Å². The number of anilines is 2. The molecule has 1 aliphatic rings. The van der Waals surface area contributed by atoms with Crippen LogP contribution in [0.3, 0.4) is 0 Å². The van der Waals surface area contributed by atoms with E-state index in [1.807, 2.05) is 9.80 Å². The Labute approximate surface area is 130 Å². The van der Waals surface area contributed by atoms with Gasteiger partial charge in [0.25, 0.3) is 6.43 Å². The van der Waals surface area contributed by atoms with Gasteiger partial charge in [0, 0.05) is 44.0 Å². The van der Waals surface area contributed by atoms with Crippen molar-refractivity contribution in [3.8, 4) is 0 Å². The molecule has 1 saturated heterocycles. The zero-order chi connectivity index (χ0) is 16.4. The fourth-order valence-electron chi connectivity index (χ4n) is 2.57. The quantitative estimate of drug-likeness (QED) is 0.812. The number of aromatic nitrogens is 2. The van der Waals surface area contributed by atoms with Crippen LogP contribution in [0.25, 0.3) is 0 Å². The van der Waals surface area contributed by atoms with Crippen LogP contribution in [0.5, 0.6) is 0 Å². The third kappa shape index (κ3) is 3.52. The standard InChI is InChI=1S/C15H14F4N4/c16-10-5-11(17)7-12(6-10)22-1-3-23(4-2-22)14-8-13(15(18)19)20-9-21-14/h5-9,15H,1-4H2. The molecule has 23 heavy (non-hydrogen) atoms. The van der Waals surface area contributed by atoms with E-state index in [-0.39, 0.29) is 5.69 Å². The third-order valence-electron chi connectivity index (χ3n) is 3.71. The van der Waals surface area contributed by atoms with E-state index in [2.05, 4.69) is 9.97 Å². The first-order valence-electron chi connectivity index (χ1n) is 7.09. The van der Waals surface area contributed by atoms with E-state index in [4.69, 9.17) is 0 Å². The van der Waals surface area contributed by atoms with Gasteiger partial charge in [-0.3, -0.25) is 0 Å². The second-order valence-corrected chi connectivity index (χ2v) is 5.20. The first-order chi connectivity index (χ1) is 11.0. The average Bonchev–Trinajstić information content (AvgIpc) is 2.54. The van der Waals surface area contributed by atoms with Crippen LogP contribution < -0.4 is 9.80 Å². The topological polar surface area (TPSA) is 32.3 Å². The lowest BCUT2D eigenvalue weighted by atomic mass is 10.2. The van der Waals surface area contributed by atoms with Crippen molar-refractivity contribution >= 4 is 11.5 Å². The van der Waals surface area contributed by atoms with Gasteiger partial charge in [-0.2, -0.15) is 0 Å². The SMILES string of the molecule is Fc1cc(F)cc(N2CCN(c3cc(C(F)F)ncn3)CC2)c1. The highest BCUT2D eigenvalue weighted by molar-refractivity contribution is 5.50. The predicted octanol–water partition coefficient (Wildman–Crippen LogP) is 3.02. The maximum atomic E-state index is 13.3. The van der Waals surface area contributed by atoms with Gasteiger partial charge in [0.1, 0.15) is 29.5 Å². The lowest BCUT2D eigenvalue weighted by molar-refractivity contribution is 0.146. The van der Waals surface area contributed by atoms with Crippen LogP contribution in [0.15, 0.2) is 30.6 Å². The maximum absolute atomic E-state index is 13.3. The minimum Gasteiger partial charge on any atom is -0.368 e. The first-order valence-corrected chi connectivity index (χ1v) is 7.09. The predicted molar refractivity (Wildman–Crippen MR) is 77.8 cm³/mol. The molecule has 3 rings (SSSR count). The molecule has 0 aliphatic carbocycles. The number of alkyl halides is 2. The Morgan fingerprint density at radius 2 is 1.43 bits per heavy atom. The summed E-state index contributed by atoms with van der Waals surface area (Å²) in [6.07, 6.45) is -1.53. The maximum Gasteiger partial charge on any atom is 0.280 e. The van der Waals surface area contributed by atoms with Crippen LogP contribution in [0.4, 0.5) is 29.1 Å². The highest BCUT2D eigenvalue weighted by Gasteiger charge is 2.20. The van der Waals surface area contributed by atoms with Crippen molar-refractivity contribution in [2.45, 2.75) is 6.43 Å². The third-order valence-corrected chi connectivity index (χ3v) is 3.71. The fourth-order valence-corrected chi connectivity index (χ4v) is 2.57. The van der Waals surface area contributed by atoms with Gasteiger partial charge in [0.2, 0.25) is 0 Å². The van der Waals surface area contributed by atoms with Gasteiger partial charge in [-0.1, -0.05) is 0 Å². The summed E-state index contributed by atoms with van der Waals surface area (Å²) >= 11 is 0. The number of hydrogen-bond acceptors (Lipinski definition) is 4. The molecule has 8 heteroatoms. The molecule has 0 saturated carbocycles. The molecular weight excluding hydrogens is 312 g/mol. The van der Waals surface area contributed by atoms with Crippen LogP contribution in [0, 0.1) is 11.6 Å². The van der Waals surface area contributed by atoms with E-state index in [0.717, 1.165) is 12.4 Å². The molecule has 2 aromatic rings. The molecule has 0 spiro atoms. The normalized spacial score (nSPS) is 15.3. The molecule has 1 aliphatic heterocycles. The van der Waals surface area contributed by atoms with Crippen molar-refractivity contribution in [1.29, 1.82) is 0 Å². The Balaban J connectivity index is 1.69. The number of nitrogens with zero attached hydrogens (tertiary/aromatic N) is 4. The fraction of sp³-hybridized carbons (Fsp3) is 0.333. The molecule has 0 bridgehead atoms. The van der Waals surface area contributed by atoms with E-state index in [9.17, 15) is 17.6 Å². The van der Waals surface area contributed by atoms with E-state index in [1.165, 1.54) is 18.2 Å². The summed E-state index contributed by atoms with van der Waals surface area (Å²) in [5, 5.41) is 0. The smallest absolute Gasteiger partial charge is 0.280 e. The highest BCUT2D eigenvalue weighted by Crippen LogP contribution is 2.23. The summed E-state index contributed by atoms with van der Waals surface area (Å²) < 4.78 is 51.9. The second-order valence-electron chi connectivity index (χ2n) is 5.20. The van der Waals surface area contributed by atoms with Crippen molar-refractivity contribution in [3.63, 3.8) is 0 Å². The van der Waals surface area contributed by atoms with Gasteiger partial charge in [-0.25, -0.2) is 27.5 Å². The molecule has 1 aromatic heterocycles. The van der Waals surface area contributed by atoms with Crippen LogP contribution in [-0.2, 0) is 0 Å². The van der Waals surface area contributed by atoms with Crippen LogP contribution in [0.1, 0.15) is 12.1 Å². The largest absolute Gasteiger partial charge is 0.368 e. The Morgan fingerprint density at radius 1 is 0.826 bits per heavy atom. The van der Waals surface area contributed by atoms with E-state index in [1.54, 1.807) is 0 Å². The molecule has 0 atom stereocenters. The molecular formula is C15H14F4N4. The summed E-state index contributed by atoms with van der Waals surface area (Å²) in [5.41, 5.74) is 0.155. The van der Waals surface area contributed by atoms with Crippen LogP contribution in [0.2, 0.25) is 0 Å². The first kappa shape index (κ1) is 15.5. The zero-order valence-electron chi connectivity index (χ0n) is 12.1. The Hall–Kier alpha value is -2.38. The summed E-state index contributed by atoms with van der Waals surface area (Å²) in [5.74, 6) is -0.819. The molecule has 1 aromatic carbocycles.